The molecular weight excluding hydrogens is 416 g/mol. The predicted octanol–water partition coefficient (Wildman–Crippen LogP) is 2.00. The third-order valence-electron chi connectivity index (χ3n) is 6.77. The SMILES string of the molecule is C=CCOC(=O)[C@@H]1[C@H]2C(=O)N([C@H](C)CO)C(C(=O)N(CC=C)CCCC)C23CC[C@H]1S3. The summed E-state index contributed by atoms with van der Waals surface area (Å²) in [7, 11) is 0. The highest BCUT2D eigenvalue weighted by atomic mass is 32.2. The molecule has 8 heteroatoms. The average Bonchev–Trinajstić information content (AvgIpc) is 3.41. The first kappa shape index (κ1) is 23.9. The minimum Gasteiger partial charge on any atom is -0.461 e. The van der Waals surface area contributed by atoms with Crippen LogP contribution in [0.4, 0.5) is 0 Å². The number of nitrogens with zero attached hydrogens (tertiary/aromatic N) is 2. The van der Waals surface area contributed by atoms with Gasteiger partial charge in [0.25, 0.3) is 0 Å². The Hall–Kier alpha value is -1.80. The third kappa shape index (κ3) is 3.93. The van der Waals surface area contributed by atoms with Gasteiger partial charge in [-0.3, -0.25) is 14.4 Å². The molecular formula is C23H34N2O5S. The molecule has 0 radical (unpaired) electrons. The van der Waals surface area contributed by atoms with Gasteiger partial charge in [0.1, 0.15) is 12.6 Å². The zero-order chi connectivity index (χ0) is 22.8. The van der Waals surface area contributed by atoms with Crippen molar-refractivity contribution in [3.63, 3.8) is 0 Å². The van der Waals surface area contributed by atoms with Gasteiger partial charge in [0.15, 0.2) is 0 Å². The number of fused-ring (bicyclic) bond motifs is 1. The second kappa shape index (κ2) is 9.77. The van der Waals surface area contributed by atoms with E-state index in [2.05, 4.69) is 20.1 Å². The number of amides is 2. The minimum atomic E-state index is -0.698. The number of aliphatic hydroxyl groups excluding tert-OH is 1. The summed E-state index contributed by atoms with van der Waals surface area (Å²) in [6.45, 7) is 12.1. The van der Waals surface area contributed by atoms with Crippen molar-refractivity contribution in [2.75, 3.05) is 26.3 Å². The van der Waals surface area contributed by atoms with Crippen molar-refractivity contribution in [1.82, 2.24) is 9.80 Å². The van der Waals surface area contributed by atoms with Gasteiger partial charge in [-0.15, -0.1) is 18.3 Å². The number of ether oxygens (including phenoxy) is 1. The Morgan fingerprint density at radius 1 is 1.42 bits per heavy atom. The topological polar surface area (TPSA) is 87.1 Å². The van der Waals surface area contributed by atoms with Crippen LogP contribution < -0.4 is 0 Å². The van der Waals surface area contributed by atoms with E-state index in [1.165, 1.54) is 6.08 Å². The summed E-state index contributed by atoms with van der Waals surface area (Å²) in [5, 5.41) is 9.84. The van der Waals surface area contributed by atoms with E-state index in [0.29, 0.717) is 19.5 Å². The van der Waals surface area contributed by atoms with Gasteiger partial charge in [-0.2, -0.15) is 0 Å². The highest BCUT2D eigenvalue weighted by Gasteiger charge is 2.74. The van der Waals surface area contributed by atoms with Crippen LogP contribution >= 0.6 is 11.8 Å². The third-order valence-corrected chi connectivity index (χ3v) is 8.72. The highest BCUT2D eigenvalue weighted by molar-refractivity contribution is 8.02. The number of carbonyl (C=O) groups excluding carboxylic acids is 3. The first-order valence-corrected chi connectivity index (χ1v) is 12.0. The van der Waals surface area contributed by atoms with Crippen molar-refractivity contribution < 1.29 is 24.2 Å². The Labute approximate surface area is 188 Å². The molecule has 2 unspecified atom stereocenters. The Kier molecular flexibility index (Phi) is 7.52. The van der Waals surface area contributed by atoms with Gasteiger partial charge in [-0.05, 0) is 26.2 Å². The van der Waals surface area contributed by atoms with E-state index in [1.54, 1.807) is 34.6 Å². The number of thioether (sulfide) groups is 1. The molecule has 172 valence electrons. The molecule has 1 spiro atoms. The molecule has 0 aromatic rings. The van der Waals surface area contributed by atoms with Crippen LogP contribution in [-0.2, 0) is 19.1 Å². The van der Waals surface area contributed by atoms with E-state index in [9.17, 15) is 19.5 Å². The summed E-state index contributed by atoms with van der Waals surface area (Å²) in [5.41, 5.74) is 0. The second-order valence-corrected chi connectivity index (χ2v) is 10.3. The van der Waals surface area contributed by atoms with Crippen molar-refractivity contribution in [3.8, 4) is 0 Å². The number of hydrogen-bond donors (Lipinski definition) is 1. The summed E-state index contributed by atoms with van der Waals surface area (Å²) in [4.78, 5) is 43.7. The second-order valence-electron chi connectivity index (χ2n) is 8.68. The van der Waals surface area contributed by atoms with Gasteiger partial charge in [-0.1, -0.05) is 32.1 Å². The number of rotatable bonds is 11. The van der Waals surface area contributed by atoms with Gasteiger partial charge in [-0.25, -0.2) is 0 Å². The fraction of sp³-hybridized carbons (Fsp3) is 0.696. The van der Waals surface area contributed by atoms with Crippen LogP contribution in [0, 0.1) is 11.8 Å². The zero-order valence-corrected chi connectivity index (χ0v) is 19.3. The maximum absolute atomic E-state index is 13.9. The first-order chi connectivity index (χ1) is 14.9. The number of unbranched alkanes of at least 4 members (excludes halogenated alkanes) is 1. The molecule has 3 saturated heterocycles. The van der Waals surface area contributed by atoms with Crippen molar-refractivity contribution >= 4 is 29.5 Å². The van der Waals surface area contributed by atoms with E-state index < -0.39 is 34.6 Å². The number of esters is 1. The van der Waals surface area contributed by atoms with Gasteiger partial charge < -0.3 is 19.6 Å². The van der Waals surface area contributed by atoms with Gasteiger partial charge in [0.05, 0.1) is 29.2 Å². The molecule has 3 heterocycles. The van der Waals surface area contributed by atoms with Crippen molar-refractivity contribution in [2.45, 2.75) is 61.6 Å². The number of likely N-dealkylation sites (tertiary alicyclic amines) is 1. The minimum absolute atomic E-state index is 0.0309. The molecule has 6 atom stereocenters. The predicted molar refractivity (Wildman–Crippen MR) is 120 cm³/mol. The Morgan fingerprint density at radius 2 is 2.16 bits per heavy atom. The average molecular weight is 451 g/mol. The quantitative estimate of drug-likeness (QED) is 0.383. The lowest BCUT2D eigenvalue weighted by atomic mass is 9.71. The summed E-state index contributed by atoms with van der Waals surface area (Å²) < 4.78 is 4.68. The van der Waals surface area contributed by atoms with Gasteiger partial charge >= 0.3 is 5.97 Å². The Bertz CT molecular complexity index is 743. The molecule has 3 aliphatic heterocycles. The molecule has 2 amide bonds. The summed E-state index contributed by atoms with van der Waals surface area (Å²) >= 11 is 1.61. The molecule has 0 aromatic carbocycles. The van der Waals surface area contributed by atoms with Crippen molar-refractivity contribution in [1.29, 1.82) is 0 Å². The summed E-state index contributed by atoms with van der Waals surface area (Å²) in [6, 6.07) is -1.21. The van der Waals surface area contributed by atoms with Crippen LogP contribution in [-0.4, -0.2) is 81.1 Å². The largest absolute Gasteiger partial charge is 0.461 e. The Balaban J connectivity index is 2.00. The number of carbonyl (C=O) groups is 3. The Morgan fingerprint density at radius 3 is 2.77 bits per heavy atom. The van der Waals surface area contributed by atoms with Crippen LogP contribution in [0.15, 0.2) is 25.3 Å². The normalized spacial score (nSPS) is 32.0. The fourth-order valence-corrected chi connectivity index (χ4v) is 7.59. The number of hydrogen-bond acceptors (Lipinski definition) is 6. The summed E-state index contributed by atoms with van der Waals surface area (Å²) in [5.74, 6) is -1.90. The highest BCUT2D eigenvalue weighted by Crippen LogP contribution is 2.66. The van der Waals surface area contributed by atoms with Gasteiger partial charge in [0.2, 0.25) is 11.8 Å². The molecule has 3 aliphatic rings. The van der Waals surface area contributed by atoms with Crippen LogP contribution in [0.3, 0.4) is 0 Å². The van der Waals surface area contributed by atoms with E-state index in [0.717, 1.165) is 19.3 Å². The fourth-order valence-electron chi connectivity index (χ4n) is 5.41. The molecule has 3 fully saturated rings. The van der Waals surface area contributed by atoms with Crippen LogP contribution in [0.5, 0.6) is 0 Å². The van der Waals surface area contributed by atoms with E-state index in [-0.39, 0.29) is 30.3 Å². The van der Waals surface area contributed by atoms with Gasteiger partial charge in [0, 0.05) is 18.3 Å². The summed E-state index contributed by atoms with van der Waals surface area (Å²) in [6.07, 6.45) is 6.49. The molecule has 0 aromatic heterocycles. The monoisotopic (exact) mass is 450 g/mol. The zero-order valence-electron chi connectivity index (χ0n) is 18.5. The molecule has 0 aliphatic carbocycles. The molecule has 3 rings (SSSR count). The first-order valence-electron chi connectivity index (χ1n) is 11.2. The van der Waals surface area contributed by atoms with E-state index in [1.807, 2.05) is 0 Å². The smallest absolute Gasteiger partial charge is 0.311 e. The molecule has 31 heavy (non-hydrogen) atoms. The molecule has 1 N–H and O–H groups in total. The lowest BCUT2D eigenvalue weighted by molar-refractivity contribution is -0.153. The van der Waals surface area contributed by atoms with Crippen molar-refractivity contribution in [3.05, 3.63) is 25.3 Å². The molecule has 2 bridgehead atoms. The van der Waals surface area contributed by atoms with E-state index in [4.69, 9.17) is 4.74 Å². The van der Waals surface area contributed by atoms with E-state index >= 15 is 0 Å². The lowest BCUT2D eigenvalue weighted by Gasteiger charge is -2.38. The molecule has 7 nitrogen and oxygen atoms in total. The van der Waals surface area contributed by atoms with Crippen LogP contribution in [0.1, 0.15) is 39.5 Å². The van der Waals surface area contributed by atoms with Crippen LogP contribution in [0.25, 0.3) is 0 Å². The molecule has 0 saturated carbocycles. The van der Waals surface area contributed by atoms with Crippen molar-refractivity contribution in [2.24, 2.45) is 11.8 Å². The van der Waals surface area contributed by atoms with Crippen LogP contribution in [0.2, 0.25) is 0 Å². The maximum Gasteiger partial charge on any atom is 0.311 e. The number of aliphatic hydroxyl groups is 1. The maximum atomic E-state index is 13.9. The lowest BCUT2D eigenvalue weighted by Crippen LogP contribution is -2.57. The standard InChI is InChI=1S/C23H34N2O5S/c1-5-8-12-24(11-6-2)21(28)19-23-10-9-16(31-23)17(22(29)30-13-7-3)18(23)20(27)25(19)15(4)14-26/h6-7,15-19,26H,2-3,5,8-14H2,1,4H3/t15-,16-,17+,18+,19?,23?/m1/s1.